The molecular formula is C30H31ClN4O. The van der Waals surface area contributed by atoms with Gasteiger partial charge in [0, 0.05) is 16.0 Å². The standard InChI is InChI=1S/C30H31ClN4O/c31-27-8-6-24(21-12-16-33-17-13-21)29-25(27)7-9-28(34-29)35-30(36)22-5-4-19-2-1-3-23(26(19)18-22)20-10-14-32-15-11-20/h1-9,18,20-21,32-33H,10-17H2,(H,34,35,36). The summed E-state index contributed by atoms with van der Waals surface area (Å²) in [6.07, 6.45) is 4.40. The number of piperidine rings is 2. The highest BCUT2D eigenvalue weighted by molar-refractivity contribution is 6.35. The van der Waals surface area contributed by atoms with Gasteiger partial charge in [0.1, 0.15) is 5.82 Å². The van der Waals surface area contributed by atoms with Crippen molar-refractivity contribution < 1.29 is 4.79 Å². The zero-order chi connectivity index (χ0) is 24.5. The molecule has 2 saturated heterocycles. The fraction of sp³-hybridized carbons (Fsp3) is 0.333. The molecule has 0 unspecified atom stereocenters. The third-order valence-electron chi connectivity index (χ3n) is 7.81. The monoisotopic (exact) mass is 498 g/mol. The molecule has 0 bridgehead atoms. The molecule has 3 aromatic carbocycles. The number of rotatable bonds is 4. The first kappa shape index (κ1) is 23.4. The molecule has 6 rings (SSSR count). The number of nitrogens with one attached hydrogen (secondary N) is 3. The summed E-state index contributed by atoms with van der Waals surface area (Å²) < 4.78 is 0. The van der Waals surface area contributed by atoms with Crippen molar-refractivity contribution in [1.29, 1.82) is 0 Å². The maximum Gasteiger partial charge on any atom is 0.256 e. The van der Waals surface area contributed by atoms with E-state index in [1.54, 1.807) is 0 Å². The molecule has 184 valence electrons. The van der Waals surface area contributed by atoms with E-state index in [0.29, 0.717) is 28.2 Å². The highest BCUT2D eigenvalue weighted by Gasteiger charge is 2.21. The molecule has 1 amide bonds. The Kier molecular flexibility index (Phi) is 6.61. The lowest BCUT2D eigenvalue weighted by Gasteiger charge is -2.24. The fourth-order valence-corrected chi connectivity index (χ4v) is 6.07. The van der Waals surface area contributed by atoms with E-state index >= 15 is 0 Å². The molecule has 6 heteroatoms. The van der Waals surface area contributed by atoms with Gasteiger partial charge in [0.2, 0.25) is 0 Å². The number of nitrogens with zero attached hydrogens (tertiary/aromatic N) is 1. The summed E-state index contributed by atoms with van der Waals surface area (Å²) in [6.45, 7) is 4.09. The quantitative estimate of drug-likeness (QED) is 0.312. The molecule has 4 aromatic rings. The van der Waals surface area contributed by atoms with E-state index in [2.05, 4.69) is 46.3 Å². The van der Waals surface area contributed by atoms with Gasteiger partial charge >= 0.3 is 0 Å². The Morgan fingerprint density at radius 1 is 0.806 bits per heavy atom. The first-order valence-electron chi connectivity index (χ1n) is 13.0. The highest BCUT2D eigenvalue weighted by atomic mass is 35.5. The number of benzene rings is 3. The molecule has 0 aliphatic carbocycles. The van der Waals surface area contributed by atoms with Crippen molar-refractivity contribution in [3.05, 3.63) is 82.4 Å². The summed E-state index contributed by atoms with van der Waals surface area (Å²) in [5.41, 5.74) is 4.09. The number of aromatic nitrogens is 1. The second-order valence-electron chi connectivity index (χ2n) is 10.0. The topological polar surface area (TPSA) is 66.0 Å². The van der Waals surface area contributed by atoms with Crippen LogP contribution in [0.2, 0.25) is 5.02 Å². The van der Waals surface area contributed by atoms with Crippen molar-refractivity contribution >= 4 is 45.0 Å². The normalized spacial score (nSPS) is 17.5. The van der Waals surface area contributed by atoms with Crippen LogP contribution in [-0.4, -0.2) is 37.1 Å². The van der Waals surface area contributed by atoms with Gasteiger partial charge in [-0.05, 0) is 116 Å². The zero-order valence-electron chi connectivity index (χ0n) is 20.3. The predicted octanol–water partition coefficient (Wildman–Crippen LogP) is 6.23. The predicted molar refractivity (Wildman–Crippen MR) is 148 cm³/mol. The van der Waals surface area contributed by atoms with Crippen LogP contribution in [-0.2, 0) is 0 Å². The molecule has 3 heterocycles. The number of halogens is 1. The number of hydrogen-bond acceptors (Lipinski definition) is 4. The van der Waals surface area contributed by atoms with Crippen molar-refractivity contribution in [3.8, 4) is 0 Å². The summed E-state index contributed by atoms with van der Waals surface area (Å²) in [5, 5.41) is 13.9. The first-order chi connectivity index (χ1) is 17.7. The van der Waals surface area contributed by atoms with Gasteiger partial charge < -0.3 is 16.0 Å². The number of amides is 1. The van der Waals surface area contributed by atoms with Crippen LogP contribution < -0.4 is 16.0 Å². The van der Waals surface area contributed by atoms with E-state index in [4.69, 9.17) is 16.6 Å². The third kappa shape index (κ3) is 4.59. The molecule has 1 aromatic heterocycles. The van der Waals surface area contributed by atoms with E-state index in [9.17, 15) is 4.79 Å². The van der Waals surface area contributed by atoms with Crippen LogP contribution in [0.15, 0.2) is 60.7 Å². The SMILES string of the molecule is O=C(Nc1ccc2c(Cl)ccc(C3CCNCC3)c2n1)c1ccc2cccc(C3CCNCC3)c2c1. The summed E-state index contributed by atoms with van der Waals surface area (Å²) in [7, 11) is 0. The van der Waals surface area contributed by atoms with Gasteiger partial charge in [-0.3, -0.25) is 4.79 Å². The maximum absolute atomic E-state index is 13.3. The highest BCUT2D eigenvalue weighted by Crippen LogP contribution is 2.35. The lowest BCUT2D eigenvalue weighted by Crippen LogP contribution is -2.26. The lowest BCUT2D eigenvalue weighted by molar-refractivity contribution is 0.102. The van der Waals surface area contributed by atoms with Gasteiger partial charge in [0.05, 0.1) is 5.52 Å². The van der Waals surface area contributed by atoms with Crippen LogP contribution >= 0.6 is 11.6 Å². The lowest BCUT2D eigenvalue weighted by atomic mass is 9.86. The van der Waals surface area contributed by atoms with Crippen molar-refractivity contribution in [1.82, 2.24) is 15.6 Å². The van der Waals surface area contributed by atoms with E-state index in [0.717, 1.165) is 62.8 Å². The number of carbonyl (C=O) groups excluding carboxylic acids is 1. The average molecular weight is 499 g/mol. The van der Waals surface area contributed by atoms with Crippen LogP contribution in [0.1, 0.15) is 59.0 Å². The zero-order valence-corrected chi connectivity index (χ0v) is 21.1. The minimum absolute atomic E-state index is 0.144. The van der Waals surface area contributed by atoms with Crippen molar-refractivity contribution in [2.24, 2.45) is 0 Å². The largest absolute Gasteiger partial charge is 0.317 e. The molecule has 0 atom stereocenters. The van der Waals surface area contributed by atoms with Gasteiger partial charge in [0.15, 0.2) is 0 Å². The molecule has 5 nitrogen and oxygen atoms in total. The number of carbonyl (C=O) groups is 1. The third-order valence-corrected chi connectivity index (χ3v) is 8.14. The number of fused-ring (bicyclic) bond motifs is 2. The second-order valence-corrected chi connectivity index (χ2v) is 10.4. The van der Waals surface area contributed by atoms with Gasteiger partial charge in [0.25, 0.3) is 5.91 Å². The molecule has 3 N–H and O–H groups in total. The summed E-state index contributed by atoms with van der Waals surface area (Å²) in [4.78, 5) is 18.2. The van der Waals surface area contributed by atoms with Crippen molar-refractivity contribution in [3.63, 3.8) is 0 Å². The van der Waals surface area contributed by atoms with E-state index in [1.807, 2.05) is 30.3 Å². The van der Waals surface area contributed by atoms with Crippen LogP contribution in [0.25, 0.3) is 21.7 Å². The van der Waals surface area contributed by atoms with Gasteiger partial charge in [-0.1, -0.05) is 41.9 Å². The van der Waals surface area contributed by atoms with Crippen LogP contribution in [0.3, 0.4) is 0 Å². The Labute approximate surface area is 216 Å². The minimum Gasteiger partial charge on any atom is -0.317 e. The molecule has 2 fully saturated rings. The van der Waals surface area contributed by atoms with Gasteiger partial charge in [-0.2, -0.15) is 0 Å². The molecule has 0 spiro atoms. The molecule has 36 heavy (non-hydrogen) atoms. The fourth-order valence-electron chi connectivity index (χ4n) is 5.85. The average Bonchev–Trinajstić information content (AvgIpc) is 2.93. The minimum atomic E-state index is -0.144. The van der Waals surface area contributed by atoms with Crippen molar-refractivity contribution in [2.75, 3.05) is 31.5 Å². The maximum atomic E-state index is 13.3. The smallest absolute Gasteiger partial charge is 0.256 e. The Morgan fingerprint density at radius 3 is 2.28 bits per heavy atom. The Hall–Kier alpha value is -2.99. The van der Waals surface area contributed by atoms with Crippen LogP contribution in [0.5, 0.6) is 0 Å². The van der Waals surface area contributed by atoms with E-state index in [-0.39, 0.29) is 5.91 Å². The van der Waals surface area contributed by atoms with Crippen LogP contribution in [0.4, 0.5) is 5.82 Å². The van der Waals surface area contributed by atoms with Gasteiger partial charge in [-0.25, -0.2) is 4.98 Å². The number of anilines is 1. The van der Waals surface area contributed by atoms with Gasteiger partial charge in [-0.15, -0.1) is 0 Å². The molecule has 2 aliphatic rings. The first-order valence-corrected chi connectivity index (χ1v) is 13.4. The summed E-state index contributed by atoms with van der Waals surface area (Å²) in [5.74, 6) is 1.37. The van der Waals surface area contributed by atoms with E-state index in [1.165, 1.54) is 21.9 Å². The Bertz CT molecular complexity index is 1420. The number of pyridine rings is 1. The van der Waals surface area contributed by atoms with E-state index < -0.39 is 0 Å². The summed E-state index contributed by atoms with van der Waals surface area (Å²) in [6, 6.07) is 20.4. The second kappa shape index (κ2) is 10.2. The number of hydrogen-bond donors (Lipinski definition) is 3. The van der Waals surface area contributed by atoms with Crippen LogP contribution in [0, 0.1) is 0 Å². The Balaban J connectivity index is 1.31. The molecule has 0 saturated carbocycles. The van der Waals surface area contributed by atoms with Crippen molar-refractivity contribution in [2.45, 2.75) is 37.5 Å². The molecule has 2 aliphatic heterocycles. The molecule has 0 radical (unpaired) electrons. The molecular weight excluding hydrogens is 468 g/mol. The Morgan fingerprint density at radius 2 is 1.53 bits per heavy atom. The summed E-state index contributed by atoms with van der Waals surface area (Å²) >= 11 is 6.51.